The minimum Gasteiger partial charge on any atom is -0.497 e. The van der Waals surface area contributed by atoms with Gasteiger partial charge in [0, 0.05) is 61.3 Å². The third kappa shape index (κ3) is 16.7. The molecule has 76 heavy (non-hydrogen) atoms. The van der Waals surface area contributed by atoms with Crippen molar-refractivity contribution in [3.63, 3.8) is 0 Å². The van der Waals surface area contributed by atoms with Gasteiger partial charge in [0.15, 0.2) is 5.96 Å². The van der Waals surface area contributed by atoms with Crippen molar-refractivity contribution < 1.29 is 48.2 Å². The Labute approximate surface area is 441 Å². The van der Waals surface area contributed by atoms with E-state index in [0.717, 1.165) is 10.9 Å². The number of likely N-dealkylation sites (N-methyl/N-ethyl adjacent to an activating group) is 1. The monoisotopic (exact) mass is 1050 g/mol. The van der Waals surface area contributed by atoms with Crippen LogP contribution < -0.4 is 53.4 Å². The molecule has 0 saturated carbocycles. The van der Waals surface area contributed by atoms with Gasteiger partial charge in [-0.3, -0.25) is 38.6 Å². The molecular formula is C52H74N14O10. The van der Waals surface area contributed by atoms with Crippen molar-refractivity contribution in [2.45, 2.75) is 121 Å². The summed E-state index contributed by atoms with van der Waals surface area (Å²) in [5.74, 6) is -6.45. The van der Waals surface area contributed by atoms with Gasteiger partial charge in [-0.25, -0.2) is 9.78 Å². The SMILES string of the molecule is CC[C@H](C)[C@H](NC(=O)[C@H](Cc1ccc(OC)cc1)NC(=O)[C@@H](NC(=O)[C@H](CCCN=C(N)N)NC(=O)CNC)C(C)C)C(=O)N[C@@H](Cc1cnc[nH]1)C(=O)N1CCC[C@H]1C(=O)N[C@@H](Cc1c[nH]c2ccccc12)C(=O)O. The molecule has 2 aromatic carbocycles. The number of aliphatic imine (C=N–C) groups is 1. The lowest BCUT2D eigenvalue weighted by Gasteiger charge is -2.32. The molecule has 3 heterocycles. The zero-order chi connectivity index (χ0) is 55.5. The maximum absolute atomic E-state index is 14.7. The highest BCUT2D eigenvalue weighted by atomic mass is 16.5. The van der Waals surface area contributed by atoms with Gasteiger partial charge in [-0.15, -0.1) is 0 Å². The Morgan fingerprint density at radius 3 is 2.14 bits per heavy atom. The molecule has 14 N–H and O–H groups in total. The highest BCUT2D eigenvalue weighted by Crippen LogP contribution is 2.23. The van der Waals surface area contributed by atoms with Crippen LogP contribution in [0.25, 0.3) is 10.9 Å². The number of hydrogen-bond donors (Lipinski definition) is 12. The van der Waals surface area contributed by atoms with Gasteiger partial charge < -0.3 is 73.4 Å². The molecule has 1 aliphatic rings. The molecule has 7 amide bonds. The number of carbonyl (C=O) groups excluding carboxylic acids is 7. The molecule has 1 saturated heterocycles. The van der Waals surface area contributed by atoms with E-state index in [9.17, 15) is 43.5 Å². The number of likely N-dealkylation sites (tertiary alicyclic amines) is 1. The first-order valence-corrected chi connectivity index (χ1v) is 25.5. The summed E-state index contributed by atoms with van der Waals surface area (Å²) in [4.78, 5) is 127. The van der Waals surface area contributed by atoms with E-state index in [0.29, 0.717) is 41.8 Å². The molecule has 24 heteroatoms. The van der Waals surface area contributed by atoms with Crippen molar-refractivity contribution in [3.8, 4) is 5.75 Å². The van der Waals surface area contributed by atoms with Crippen molar-refractivity contribution in [3.05, 3.63) is 84.1 Å². The highest BCUT2D eigenvalue weighted by molar-refractivity contribution is 5.98. The Balaban J connectivity index is 1.37. The standard InChI is InChI=1S/C52H74N14O10/c1-7-30(4)44(49(72)62-39(24-33-26-56-28-59-33)50(73)66-21-11-15-41(66)47(70)63-40(51(74)75)23-32-25-58-36-13-9-8-12-35(32)36)65-46(69)38(22-31-16-18-34(76-6)19-17-31)61-48(71)43(29(2)3)64-45(68)37(60-42(67)27-55-5)14-10-20-57-52(53)54/h8-9,12-13,16-19,25-26,28-30,37-41,43-44,55,58H,7,10-11,14-15,20-24,27H2,1-6H3,(H,56,59)(H,60,67)(H,61,71)(H,62,72)(H,63,70)(H,64,68)(H,65,69)(H,74,75)(H4,53,54,57)/t30-,37-,38-,39-,40-,41-,43-,44-/m0/s1. The number of rotatable bonds is 29. The van der Waals surface area contributed by atoms with Gasteiger partial charge >= 0.3 is 5.97 Å². The van der Waals surface area contributed by atoms with E-state index in [1.54, 1.807) is 58.3 Å². The molecule has 2 aromatic heterocycles. The second kappa shape index (κ2) is 28.6. The van der Waals surface area contributed by atoms with E-state index in [1.807, 2.05) is 31.2 Å². The number of carboxylic acids is 1. The van der Waals surface area contributed by atoms with Crippen molar-refractivity contribution in [2.75, 3.05) is 33.8 Å². The molecule has 0 unspecified atom stereocenters. The maximum atomic E-state index is 14.7. The van der Waals surface area contributed by atoms with Crippen LogP contribution in [-0.4, -0.2) is 154 Å². The fourth-order valence-corrected chi connectivity index (χ4v) is 8.96. The second-order valence-electron chi connectivity index (χ2n) is 19.3. The number of methoxy groups -OCH3 is 1. The molecule has 1 aliphatic heterocycles. The minimum absolute atomic E-state index is 0.0190. The minimum atomic E-state index is -1.32. The largest absolute Gasteiger partial charge is 0.497 e. The zero-order valence-corrected chi connectivity index (χ0v) is 43.9. The summed E-state index contributed by atoms with van der Waals surface area (Å²) in [6, 6.07) is 5.72. The van der Waals surface area contributed by atoms with Crippen molar-refractivity contribution in [2.24, 2.45) is 28.3 Å². The van der Waals surface area contributed by atoms with Crippen LogP contribution in [-0.2, 0) is 57.6 Å². The number of guanidine groups is 1. The average Bonchev–Trinajstić information content (AvgIpc) is 4.20. The fraction of sp³-hybridized carbons (Fsp3) is 0.500. The number of ether oxygens (including phenoxy) is 1. The van der Waals surface area contributed by atoms with E-state index in [2.05, 4.69) is 57.2 Å². The van der Waals surface area contributed by atoms with Crippen molar-refractivity contribution >= 4 is 64.2 Å². The molecule has 0 radical (unpaired) electrons. The molecule has 24 nitrogen and oxygen atoms in total. The fourth-order valence-electron chi connectivity index (χ4n) is 8.96. The lowest BCUT2D eigenvalue weighted by molar-refractivity contribution is -0.145. The van der Waals surface area contributed by atoms with Crippen LogP contribution in [0, 0.1) is 11.8 Å². The van der Waals surface area contributed by atoms with Gasteiger partial charge in [0.05, 0.1) is 20.0 Å². The molecular weight excluding hydrogens is 981 g/mol. The molecule has 4 aromatic rings. The Hall–Kier alpha value is -8.02. The van der Waals surface area contributed by atoms with E-state index in [-0.39, 0.29) is 57.7 Å². The second-order valence-corrected chi connectivity index (χ2v) is 19.3. The molecule has 0 spiro atoms. The number of nitrogens with two attached hydrogens (primary N) is 2. The first-order chi connectivity index (χ1) is 36.3. The summed E-state index contributed by atoms with van der Waals surface area (Å²) in [7, 11) is 3.08. The normalized spacial score (nSPS) is 16.0. The Bertz CT molecular complexity index is 2640. The van der Waals surface area contributed by atoms with Gasteiger partial charge in [-0.1, -0.05) is 64.4 Å². The molecule has 5 rings (SSSR count). The number of para-hydroxylation sites is 1. The third-order valence-electron chi connectivity index (χ3n) is 13.4. The number of hydrogen-bond acceptors (Lipinski definition) is 12. The van der Waals surface area contributed by atoms with Crippen LogP contribution in [0.2, 0.25) is 0 Å². The van der Waals surface area contributed by atoms with Gasteiger partial charge in [0.25, 0.3) is 0 Å². The lowest BCUT2D eigenvalue weighted by Crippen LogP contribution is -2.62. The number of aliphatic carboxylic acids is 1. The number of amides is 7. The summed E-state index contributed by atoms with van der Waals surface area (Å²) >= 11 is 0. The number of fused-ring (bicyclic) bond motifs is 1. The number of carbonyl (C=O) groups is 8. The Morgan fingerprint density at radius 1 is 0.816 bits per heavy atom. The van der Waals surface area contributed by atoms with Crippen LogP contribution >= 0.6 is 0 Å². The number of H-pyrrole nitrogens is 2. The number of nitrogens with one attached hydrogen (secondary N) is 9. The molecule has 412 valence electrons. The van der Waals surface area contributed by atoms with Crippen molar-refractivity contribution in [1.82, 2.24) is 57.1 Å². The number of imidazole rings is 1. The van der Waals surface area contributed by atoms with Gasteiger partial charge in [0.1, 0.15) is 48.0 Å². The number of aromatic amines is 2. The predicted molar refractivity (Wildman–Crippen MR) is 283 cm³/mol. The van der Waals surface area contributed by atoms with Crippen molar-refractivity contribution in [1.29, 1.82) is 0 Å². The number of aromatic nitrogens is 3. The predicted octanol–water partition coefficient (Wildman–Crippen LogP) is -0.113. The molecule has 0 aliphatic carbocycles. The van der Waals surface area contributed by atoms with Crippen LogP contribution in [0.3, 0.4) is 0 Å². The summed E-state index contributed by atoms with van der Waals surface area (Å²) in [5, 5.41) is 30.3. The number of nitrogens with zero attached hydrogens (tertiary/aromatic N) is 3. The van der Waals surface area contributed by atoms with Gasteiger partial charge in [-0.05, 0) is 73.9 Å². The molecule has 1 fully saturated rings. The van der Waals surface area contributed by atoms with Crippen LogP contribution in [0.5, 0.6) is 5.75 Å². The van der Waals surface area contributed by atoms with E-state index in [1.165, 1.54) is 24.5 Å². The van der Waals surface area contributed by atoms with E-state index < -0.39 is 101 Å². The topological polar surface area (TPSA) is 362 Å². The molecule has 8 atom stereocenters. The third-order valence-corrected chi connectivity index (χ3v) is 13.4. The Morgan fingerprint density at radius 2 is 1.50 bits per heavy atom. The average molecular weight is 1060 g/mol. The summed E-state index contributed by atoms with van der Waals surface area (Å²) in [6.07, 6.45) is 5.96. The smallest absolute Gasteiger partial charge is 0.326 e. The maximum Gasteiger partial charge on any atom is 0.326 e. The van der Waals surface area contributed by atoms with Crippen LogP contribution in [0.15, 0.2) is 72.2 Å². The number of carboxylic acid groups (broad SMARTS) is 1. The summed E-state index contributed by atoms with van der Waals surface area (Å²) < 4.78 is 5.33. The Kier molecular flexibility index (Phi) is 22.1. The van der Waals surface area contributed by atoms with Gasteiger partial charge in [-0.2, -0.15) is 0 Å². The zero-order valence-electron chi connectivity index (χ0n) is 43.9. The summed E-state index contributed by atoms with van der Waals surface area (Å²) in [5.41, 5.74) is 13.5. The van der Waals surface area contributed by atoms with E-state index in [4.69, 9.17) is 16.2 Å². The van der Waals surface area contributed by atoms with Gasteiger partial charge in [0.2, 0.25) is 41.4 Å². The summed E-state index contributed by atoms with van der Waals surface area (Å²) in [6.45, 7) is 7.23. The number of benzene rings is 2. The molecule has 0 bridgehead atoms. The van der Waals surface area contributed by atoms with Crippen LogP contribution in [0.4, 0.5) is 0 Å². The first kappa shape index (κ1) is 58.9. The lowest BCUT2D eigenvalue weighted by atomic mass is 9.96. The van der Waals surface area contributed by atoms with E-state index >= 15 is 0 Å². The van der Waals surface area contributed by atoms with Crippen LogP contribution in [0.1, 0.15) is 76.6 Å². The quantitative estimate of drug-likeness (QED) is 0.0192. The first-order valence-electron chi connectivity index (χ1n) is 25.5. The highest BCUT2D eigenvalue weighted by Gasteiger charge is 2.41.